The highest BCUT2D eigenvalue weighted by Gasteiger charge is 2.51. The van der Waals surface area contributed by atoms with E-state index in [2.05, 4.69) is 0 Å². The predicted molar refractivity (Wildman–Crippen MR) is 68.1 cm³/mol. The Labute approximate surface area is 113 Å². The number of rotatable bonds is 1. The molecule has 3 aliphatic rings. The van der Waals surface area contributed by atoms with Crippen molar-refractivity contribution < 1.29 is 19.1 Å². The van der Waals surface area contributed by atoms with Gasteiger partial charge in [0.2, 0.25) is 0 Å². The Balaban J connectivity index is 1.72. The van der Waals surface area contributed by atoms with Crippen LogP contribution >= 0.6 is 0 Å². The summed E-state index contributed by atoms with van der Waals surface area (Å²) in [5, 5.41) is 0. The minimum Gasteiger partial charge on any atom is -0.422 e. The van der Waals surface area contributed by atoms with Crippen LogP contribution in [-0.4, -0.2) is 17.7 Å². The van der Waals surface area contributed by atoms with Gasteiger partial charge in [0.25, 0.3) is 5.79 Å². The van der Waals surface area contributed by atoms with Crippen molar-refractivity contribution in [3.8, 4) is 0 Å². The first kappa shape index (κ1) is 12.9. The van der Waals surface area contributed by atoms with Crippen molar-refractivity contribution in [3.05, 3.63) is 0 Å². The monoisotopic (exact) mass is 266 g/mol. The van der Waals surface area contributed by atoms with Gasteiger partial charge in [-0.1, -0.05) is 25.7 Å². The largest absolute Gasteiger partial charge is 0.422 e. The summed E-state index contributed by atoms with van der Waals surface area (Å²) in [5.74, 6) is -2.10. The van der Waals surface area contributed by atoms with Gasteiger partial charge in [-0.15, -0.1) is 0 Å². The Bertz CT molecular complexity index is 344. The van der Waals surface area contributed by atoms with Crippen molar-refractivity contribution in [3.63, 3.8) is 0 Å². The summed E-state index contributed by atoms with van der Waals surface area (Å²) in [7, 11) is 0. The molecule has 1 saturated heterocycles. The number of hydrogen-bond donors (Lipinski definition) is 0. The Morgan fingerprint density at radius 1 is 0.789 bits per heavy atom. The SMILES string of the molecule is O=C1OC2(CCCCC2)OC(=O)C1C1CCCCC1. The molecule has 0 bridgehead atoms. The minimum atomic E-state index is -0.919. The highest BCUT2D eigenvalue weighted by Crippen LogP contribution is 2.41. The highest BCUT2D eigenvalue weighted by atomic mass is 16.7. The fourth-order valence-electron chi connectivity index (χ4n) is 3.76. The van der Waals surface area contributed by atoms with Crippen LogP contribution < -0.4 is 0 Å². The zero-order chi connectivity index (χ0) is 13.3. The molecule has 0 aromatic carbocycles. The van der Waals surface area contributed by atoms with Gasteiger partial charge in [0.05, 0.1) is 0 Å². The molecule has 0 N–H and O–H groups in total. The lowest BCUT2D eigenvalue weighted by molar-refractivity contribution is -0.263. The maximum Gasteiger partial charge on any atom is 0.323 e. The predicted octanol–water partition coefficient (Wildman–Crippen LogP) is 2.94. The number of hydrogen-bond acceptors (Lipinski definition) is 4. The van der Waals surface area contributed by atoms with Gasteiger partial charge in [0.15, 0.2) is 5.92 Å². The Morgan fingerprint density at radius 2 is 1.32 bits per heavy atom. The quantitative estimate of drug-likeness (QED) is 0.541. The second kappa shape index (κ2) is 5.14. The van der Waals surface area contributed by atoms with Crippen molar-refractivity contribution in [1.29, 1.82) is 0 Å². The third-order valence-electron chi connectivity index (χ3n) is 4.82. The first-order valence-electron chi connectivity index (χ1n) is 7.66. The first-order chi connectivity index (χ1) is 9.20. The summed E-state index contributed by atoms with van der Waals surface area (Å²) in [6.07, 6.45) is 9.71. The van der Waals surface area contributed by atoms with Crippen molar-refractivity contribution >= 4 is 11.9 Å². The van der Waals surface area contributed by atoms with Crippen molar-refractivity contribution in [2.45, 2.75) is 70.0 Å². The van der Waals surface area contributed by atoms with Crippen LogP contribution in [0, 0.1) is 11.8 Å². The van der Waals surface area contributed by atoms with E-state index in [1.807, 2.05) is 0 Å². The smallest absolute Gasteiger partial charge is 0.323 e. The number of ether oxygens (including phenoxy) is 2. The van der Waals surface area contributed by atoms with E-state index in [1.54, 1.807) is 0 Å². The lowest BCUT2D eigenvalue weighted by Gasteiger charge is -2.42. The molecule has 4 nitrogen and oxygen atoms in total. The topological polar surface area (TPSA) is 52.6 Å². The van der Waals surface area contributed by atoms with Gasteiger partial charge in [0, 0.05) is 12.8 Å². The van der Waals surface area contributed by atoms with Gasteiger partial charge in [-0.2, -0.15) is 0 Å². The Kier molecular flexibility index (Phi) is 3.50. The van der Waals surface area contributed by atoms with E-state index in [0.29, 0.717) is 12.8 Å². The van der Waals surface area contributed by atoms with E-state index in [-0.39, 0.29) is 17.9 Å². The molecular formula is C15H22O4. The summed E-state index contributed by atoms with van der Waals surface area (Å²) >= 11 is 0. The van der Waals surface area contributed by atoms with Crippen LogP contribution in [0.15, 0.2) is 0 Å². The molecule has 3 rings (SSSR count). The molecule has 3 fully saturated rings. The lowest BCUT2D eigenvalue weighted by Crippen LogP contribution is -2.52. The second-order valence-electron chi connectivity index (χ2n) is 6.19. The lowest BCUT2D eigenvalue weighted by atomic mass is 9.79. The normalized spacial score (nSPS) is 29.1. The maximum atomic E-state index is 12.3. The van der Waals surface area contributed by atoms with Crippen molar-refractivity contribution in [1.82, 2.24) is 0 Å². The van der Waals surface area contributed by atoms with Gasteiger partial charge < -0.3 is 9.47 Å². The molecule has 0 unspecified atom stereocenters. The maximum absolute atomic E-state index is 12.3. The van der Waals surface area contributed by atoms with E-state index in [9.17, 15) is 9.59 Å². The van der Waals surface area contributed by atoms with Crippen LogP contribution in [0.2, 0.25) is 0 Å². The summed E-state index contributed by atoms with van der Waals surface area (Å²) in [5.41, 5.74) is 0. The van der Waals surface area contributed by atoms with E-state index in [1.165, 1.54) is 6.42 Å². The third-order valence-corrected chi connectivity index (χ3v) is 4.82. The summed E-state index contributed by atoms with van der Waals surface area (Å²) < 4.78 is 11.1. The number of carbonyl (C=O) groups excluding carboxylic acids is 2. The molecule has 2 saturated carbocycles. The number of carbonyl (C=O) groups is 2. The van der Waals surface area contributed by atoms with E-state index < -0.39 is 11.7 Å². The van der Waals surface area contributed by atoms with E-state index >= 15 is 0 Å². The van der Waals surface area contributed by atoms with Crippen LogP contribution in [0.4, 0.5) is 0 Å². The van der Waals surface area contributed by atoms with Crippen molar-refractivity contribution in [2.75, 3.05) is 0 Å². The molecule has 106 valence electrons. The van der Waals surface area contributed by atoms with Crippen LogP contribution in [0.5, 0.6) is 0 Å². The minimum absolute atomic E-state index is 0.134. The van der Waals surface area contributed by atoms with E-state index in [4.69, 9.17) is 9.47 Å². The van der Waals surface area contributed by atoms with Gasteiger partial charge in [-0.05, 0) is 31.6 Å². The Hall–Kier alpha value is -1.06. The molecule has 0 amide bonds. The van der Waals surface area contributed by atoms with E-state index in [0.717, 1.165) is 44.9 Å². The zero-order valence-corrected chi connectivity index (χ0v) is 11.4. The molecule has 1 aliphatic heterocycles. The van der Waals surface area contributed by atoms with Crippen molar-refractivity contribution in [2.24, 2.45) is 11.8 Å². The summed E-state index contributed by atoms with van der Waals surface area (Å²) in [6, 6.07) is 0. The van der Waals surface area contributed by atoms with Crippen LogP contribution in [0.1, 0.15) is 64.2 Å². The first-order valence-corrected chi connectivity index (χ1v) is 7.66. The molecule has 0 radical (unpaired) electrons. The molecule has 4 heteroatoms. The Morgan fingerprint density at radius 3 is 1.89 bits per heavy atom. The molecular weight excluding hydrogens is 244 g/mol. The molecule has 19 heavy (non-hydrogen) atoms. The van der Waals surface area contributed by atoms with Crippen LogP contribution in [0.3, 0.4) is 0 Å². The third kappa shape index (κ3) is 2.49. The molecule has 1 heterocycles. The zero-order valence-electron chi connectivity index (χ0n) is 11.4. The molecule has 1 spiro atoms. The standard InChI is InChI=1S/C15H22O4/c16-13-12(11-7-3-1-4-8-11)14(17)19-15(18-13)9-5-2-6-10-15/h11-12H,1-10H2. The highest BCUT2D eigenvalue weighted by molar-refractivity contribution is 5.97. The van der Waals surface area contributed by atoms with Gasteiger partial charge in [0.1, 0.15) is 0 Å². The van der Waals surface area contributed by atoms with Crippen LogP contribution in [0.25, 0.3) is 0 Å². The van der Waals surface area contributed by atoms with Crippen LogP contribution in [-0.2, 0) is 19.1 Å². The fourth-order valence-corrected chi connectivity index (χ4v) is 3.76. The number of esters is 2. The molecule has 2 aliphatic carbocycles. The molecule has 0 aromatic rings. The molecule has 0 aromatic heterocycles. The van der Waals surface area contributed by atoms with Gasteiger partial charge in [-0.3, -0.25) is 9.59 Å². The second-order valence-corrected chi connectivity index (χ2v) is 6.19. The summed E-state index contributed by atoms with van der Waals surface area (Å²) in [4.78, 5) is 24.5. The molecule has 0 atom stereocenters. The van der Waals surface area contributed by atoms with Gasteiger partial charge >= 0.3 is 11.9 Å². The average molecular weight is 266 g/mol. The van der Waals surface area contributed by atoms with Gasteiger partial charge in [-0.25, -0.2) is 0 Å². The average Bonchev–Trinajstić information content (AvgIpc) is 2.40. The fraction of sp³-hybridized carbons (Fsp3) is 0.867. The summed E-state index contributed by atoms with van der Waals surface area (Å²) in [6.45, 7) is 0.